The normalized spacial score (nSPS) is 10.6. The van der Waals surface area contributed by atoms with E-state index >= 15 is 0 Å². The number of hydrogen-bond acceptors (Lipinski definition) is 5. The van der Waals surface area contributed by atoms with Crippen LogP contribution in [0.3, 0.4) is 0 Å². The van der Waals surface area contributed by atoms with E-state index in [-0.39, 0.29) is 5.91 Å². The van der Waals surface area contributed by atoms with E-state index in [0.29, 0.717) is 18.0 Å². The number of carbonyl (C=O) groups is 1. The van der Waals surface area contributed by atoms with Gasteiger partial charge in [0.1, 0.15) is 28.0 Å². The summed E-state index contributed by atoms with van der Waals surface area (Å²) in [6, 6.07) is 15.6. The lowest BCUT2D eigenvalue weighted by Crippen LogP contribution is -2.26. The van der Waals surface area contributed by atoms with Gasteiger partial charge >= 0.3 is 0 Å². The number of benzene rings is 2. The van der Waals surface area contributed by atoms with Crippen LogP contribution < -0.4 is 9.47 Å². The molecule has 0 N–H and O–H groups in total. The quantitative estimate of drug-likeness (QED) is 0.585. The largest absolute Gasteiger partial charge is 0.496 e. The Hall–Kier alpha value is -2.86. The van der Waals surface area contributed by atoms with Crippen molar-refractivity contribution in [3.63, 3.8) is 0 Å². The van der Waals surface area contributed by atoms with Crippen LogP contribution in [0.25, 0.3) is 0 Å². The number of aryl methyl sites for hydroxylation is 2. The Balaban J connectivity index is 1.67. The van der Waals surface area contributed by atoms with Gasteiger partial charge in [0.2, 0.25) is 0 Å². The van der Waals surface area contributed by atoms with Gasteiger partial charge in [0.05, 0.1) is 12.8 Å². The fourth-order valence-electron chi connectivity index (χ4n) is 2.83. The Morgan fingerprint density at radius 2 is 1.82 bits per heavy atom. The zero-order valence-corrected chi connectivity index (χ0v) is 17.4. The average molecular weight is 397 g/mol. The predicted molar refractivity (Wildman–Crippen MR) is 111 cm³/mol. The van der Waals surface area contributed by atoms with E-state index in [1.165, 1.54) is 16.9 Å². The second-order valence-electron chi connectivity index (χ2n) is 6.60. The van der Waals surface area contributed by atoms with Gasteiger partial charge < -0.3 is 14.4 Å². The fraction of sp³-hybridized carbons (Fsp3) is 0.273. The summed E-state index contributed by atoms with van der Waals surface area (Å²) in [6.45, 7) is 4.71. The standard InChI is InChI=1S/C22H24N2O3S/c1-15-9-11-18(12-10-15)27-14-20-23-16(2)21(28-20)22(25)24(3)13-17-7-5-6-8-19(17)26-4/h5-12H,13-14H2,1-4H3. The third kappa shape index (κ3) is 4.70. The molecule has 0 aliphatic rings. The minimum atomic E-state index is -0.0532. The number of nitrogens with zero attached hydrogens (tertiary/aromatic N) is 2. The van der Waals surface area contributed by atoms with Gasteiger partial charge in [0.25, 0.3) is 5.91 Å². The van der Waals surface area contributed by atoms with Crippen molar-refractivity contribution in [3.05, 3.63) is 75.2 Å². The first-order valence-electron chi connectivity index (χ1n) is 9.01. The molecule has 2 aromatic carbocycles. The highest BCUT2D eigenvalue weighted by atomic mass is 32.1. The van der Waals surface area contributed by atoms with E-state index in [9.17, 15) is 4.79 Å². The van der Waals surface area contributed by atoms with Crippen LogP contribution in [-0.4, -0.2) is 29.9 Å². The van der Waals surface area contributed by atoms with Crippen molar-refractivity contribution in [1.29, 1.82) is 0 Å². The summed E-state index contributed by atoms with van der Waals surface area (Å²) >= 11 is 1.38. The smallest absolute Gasteiger partial charge is 0.265 e. The topological polar surface area (TPSA) is 51.7 Å². The molecule has 6 heteroatoms. The predicted octanol–water partition coefficient (Wildman–Crippen LogP) is 4.62. The lowest BCUT2D eigenvalue weighted by molar-refractivity contribution is 0.0788. The summed E-state index contributed by atoms with van der Waals surface area (Å²) in [6.07, 6.45) is 0. The van der Waals surface area contributed by atoms with Crippen LogP contribution in [0, 0.1) is 13.8 Å². The summed E-state index contributed by atoms with van der Waals surface area (Å²) in [5, 5.41) is 0.784. The number of rotatable bonds is 7. The molecule has 0 aliphatic carbocycles. The Morgan fingerprint density at radius 1 is 1.11 bits per heavy atom. The van der Waals surface area contributed by atoms with Crippen LogP contribution in [0.1, 0.15) is 31.5 Å². The Labute approximate surface area is 169 Å². The average Bonchev–Trinajstić information content (AvgIpc) is 3.08. The number of aromatic nitrogens is 1. The van der Waals surface area contributed by atoms with Crippen molar-refractivity contribution in [2.75, 3.05) is 14.2 Å². The fourth-order valence-corrected chi connectivity index (χ4v) is 3.80. The zero-order valence-electron chi connectivity index (χ0n) is 16.6. The molecular formula is C22H24N2O3S. The molecular weight excluding hydrogens is 372 g/mol. The first-order valence-corrected chi connectivity index (χ1v) is 9.82. The lowest BCUT2D eigenvalue weighted by atomic mass is 10.2. The summed E-state index contributed by atoms with van der Waals surface area (Å²) in [4.78, 5) is 19.7. The van der Waals surface area contributed by atoms with Gasteiger partial charge in [0.15, 0.2) is 0 Å². The summed E-state index contributed by atoms with van der Waals surface area (Å²) < 4.78 is 11.2. The van der Waals surface area contributed by atoms with Gasteiger partial charge in [-0.05, 0) is 32.0 Å². The highest BCUT2D eigenvalue weighted by Crippen LogP contribution is 2.24. The van der Waals surface area contributed by atoms with E-state index in [2.05, 4.69) is 4.98 Å². The van der Waals surface area contributed by atoms with Crippen LogP contribution in [0.4, 0.5) is 0 Å². The zero-order chi connectivity index (χ0) is 20.1. The van der Waals surface area contributed by atoms with E-state index in [4.69, 9.17) is 9.47 Å². The number of amides is 1. The summed E-state index contributed by atoms with van der Waals surface area (Å²) in [5.74, 6) is 1.51. The summed E-state index contributed by atoms with van der Waals surface area (Å²) in [7, 11) is 3.42. The number of ether oxygens (including phenoxy) is 2. The van der Waals surface area contributed by atoms with E-state index in [0.717, 1.165) is 27.8 Å². The van der Waals surface area contributed by atoms with Crippen LogP contribution in [-0.2, 0) is 13.2 Å². The van der Waals surface area contributed by atoms with Crippen LogP contribution in [0.15, 0.2) is 48.5 Å². The van der Waals surface area contributed by atoms with Gasteiger partial charge in [-0.25, -0.2) is 4.98 Å². The third-order valence-corrected chi connectivity index (χ3v) is 5.48. The molecule has 0 unspecified atom stereocenters. The Morgan fingerprint density at radius 3 is 2.54 bits per heavy atom. The molecule has 3 rings (SSSR count). The molecule has 0 saturated carbocycles. The van der Waals surface area contributed by atoms with Crippen molar-refractivity contribution in [2.24, 2.45) is 0 Å². The molecule has 0 radical (unpaired) electrons. The molecule has 0 aliphatic heterocycles. The van der Waals surface area contributed by atoms with Crippen molar-refractivity contribution >= 4 is 17.2 Å². The first kappa shape index (κ1) is 19.9. The monoisotopic (exact) mass is 396 g/mol. The second-order valence-corrected chi connectivity index (χ2v) is 7.68. The van der Waals surface area contributed by atoms with Crippen molar-refractivity contribution in [1.82, 2.24) is 9.88 Å². The molecule has 0 spiro atoms. The molecule has 1 heterocycles. The molecule has 3 aromatic rings. The molecule has 28 heavy (non-hydrogen) atoms. The molecule has 1 amide bonds. The number of hydrogen-bond donors (Lipinski definition) is 0. The van der Waals surface area contributed by atoms with Gasteiger partial charge in [-0.2, -0.15) is 0 Å². The number of thiazole rings is 1. The molecule has 0 atom stereocenters. The van der Waals surface area contributed by atoms with Crippen molar-refractivity contribution in [2.45, 2.75) is 27.0 Å². The molecule has 1 aromatic heterocycles. The van der Waals surface area contributed by atoms with Crippen molar-refractivity contribution < 1.29 is 14.3 Å². The van der Waals surface area contributed by atoms with Crippen LogP contribution in [0.2, 0.25) is 0 Å². The number of methoxy groups -OCH3 is 1. The molecule has 0 saturated heterocycles. The van der Waals surface area contributed by atoms with Gasteiger partial charge in [-0.3, -0.25) is 4.79 Å². The first-order chi connectivity index (χ1) is 13.5. The number of carbonyl (C=O) groups excluding carboxylic acids is 1. The van der Waals surface area contributed by atoms with E-state index < -0.39 is 0 Å². The van der Waals surface area contributed by atoms with Crippen molar-refractivity contribution in [3.8, 4) is 11.5 Å². The van der Waals surface area contributed by atoms with E-state index in [1.54, 1.807) is 19.1 Å². The molecule has 146 valence electrons. The highest BCUT2D eigenvalue weighted by Gasteiger charge is 2.20. The minimum Gasteiger partial charge on any atom is -0.496 e. The lowest BCUT2D eigenvalue weighted by Gasteiger charge is -2.18. The third-order valence-electron chi connectivity index (χ3n) is 4.37. The maximum Gasteiger partial charge on any atom is 0.265 e. The second kappa shape index (κ2) is 8.89. The van der Waals surface area contributed by atoms with Gasteiger partial charge in [0, 0.05) is 19.2 Å². The maximum atomic E-state index is 12.9. The molecule has 0 fully saturated rings. The minimum absolute atomic E-state index is 0.0532. The molecule has 5 nitrogen and oxygen atoms in total. The van der Waals surface area contributed by atoms with Gasteiger partial charge in [-0.15, -0.1) is 11.3 Å². The molecule has 0 bridgehead atoms. The SMILES string of the molecule is COc1ccccc1CN(C)C(=O)c1sc(COc2ccc(C)cc2)nc1C. The number of para-hydroxylation sites is 1. The van der Waals surface area contributed by atoms with E-state index in [1.807, 2.05) is 62.4 Å². The highest BCUT2D eigenvalue weighted by molar-refractivity contribution is 7.13. The maximum absolute atomic E-state index is 12.9. The van der Waals surface area contributed by atoms with Gasteiger partial charge in [-0.1, -0.05) is 35.9 Å². The Bertz CT molecular complexity index is 951. The van der Waals surface area contributed by atoms with Crippen LogP contribution in [0.5, 0.6) is 11.5 Å². The Kier molecular flexibility index (Phi) is 6.31. The van der Waals surface area contributed by atoms with Crippen LogP contribution >= 0.6 is 11.3 Å². The summed E-state index contributed by atoms with van der Waals surface area (Å²) in [5.41, 5.74) is 2.87.